The molecule has 6 nitrogen and oxygen atoms in total. The summed E-state index contributed by atoms with van der Waals surface area (Å²) in [6.07, 6.45) is 3.39. The zero-order valence-corrected chi connectivity index (χ0v) is 14.6. The van der Waals surface area contributed by atoms with Crippen LogP contribution < -0.4 is 10.6 Å². The fourth-order valence-electron chi connectivity index (χ4n) is 2.42. The molecule has 3 aromatic rings. The van der Waals surface area contributed by atoms with Crippen LogP contribution in [-0.2, 0) is 0 Å². The molecule has 2 heterocycles. The first-order valence-corrected chi connectivity index (χ1v) is 8.25. The van der Waals surface area contributed by atoms with Crippen LogP contribution in [0.1, 0.15) is 12.5 Å². The molecule has 0 spiro atoms. The predicted molar refractivity (Wildman–Crippen MR) is 99.9 cm³/mol. The van der Waals surface area contributed by atoms with Crippen molar-refractivity contribution >= 4 is 17.5 Å². The molecular weight excluding hydrogens is 333 g/mol. The maximum Gasteiger partial charge on any atom is 0.225 e. The van der Waals surface area contributed by atoms with Crippen LogP contribution in [0.15, 0.2) is 48.8 Å². The molecule has 134 valence electrons. The van der Waals surface area contributed by atoms with Gasteiger partial charge in [0.15, 0.2) is 0 Å². The number of aliphatic hydroxyl groups excluding tert-OH is 1. The van der Waals surface area contributed by atoms with Crippen LogP contribution >= 0.6 is 0 Å². The lowest BCUT2D eigenvalue weighted by Gasteiger charge is -2.15. The third-order valence-corrected chi connectivity index (χ3v) is 3.80. The molecule has 0 unspecified atom stereocenters. The van der Waals surface area contributed by atoms with E-state index in [1.165, 1.54) is 12.1 Å². The van der Waals surface area contributed by atoms with E-state index in [1.807, 2.05) is 32.0 Å². The Hall–Kier alpha value is -3.06. The van der Waals surface area contributed by atoms with Crippen LogP contribution in [0.5, 0.6) is 0 Å². The van der Waals surface area contributed by atoms with Gasteiger partial charge in [0, 0.05) is 35.8 Å². The monoisotopic (exact) mass is 353 g/mol. The normalized spacial score (nSPS) is 11.8. The fourth-order valence-corrected chi connectivity index (χ4v) is 2.42. The lowest BCUT2D eigenvalue weighted by atomic mass is 10.1. The molecule has 0 aliphatic carbocycles. The minimum absolute atomic E-state index is 0.0390. The third kappa shape index (κ3) is 4.31. The van der Waals surface area contributed by atoms with E-state index in [-0.39, 0.29) is 18.5 Å². The number of halogens is 1. The van der Waals surface area contributed by atoms with Gasteiger partial charge in [-0.1, -0.05) is 0 Å². The lowest BCUT2D eigenvalue weighted by molar-refractivity contribution is 0.281. The van der Waals surface area contributed by atoms with Gasteiger partial charge in [-0.3, -0.25) is 4.98 Å². The van der Waals surface area contributed by atoms with E-state index >= 15 is 0 Å². The second-order valence-electron chi connectivity index (χ2n) is 6.01. The second kappa shape index (κ2) is 7.88. The van der Waals surface area contributed by atoms with Gasteiger partial charge in [0.2, 0.25) is 5.95 Å². The first-order chi connectivity index (χ1) is 12.5. The summed E-state index contributed by atoms with van der Waals surface area (Å²) >= 11 is 0. The van der Waals surface area contributed by atoms with Crippen LogP contribution in [0.3, 0.4) is 0 Å². The Morgan fingerprint density at radius 3 is 2.58 bits per heavy atom. The second-order valence-corrected chi connectivity index (χ2v) is 6.01. The molecule has 0 saturated heterocycles. The highest BCUT2D eigenvalue weighted by molar-refractivity contribution is 5.68. The first-order valence-electron chi connectivity index (χ1n) is 8.25. The number of aliphatic hydroxyl groups is 1. The Kier molecular flexibility index (Phi) is 5.38. The molecule has 0 radical (unpaired) electrons. The number of hydrogen-bond donors (Lipinski definition) is 3. The zero-order chi connectivity index (χ0) is 18.5. The van der Waals surface area contributed by atoms with Crippen molar-refractivity contribution in [3.63, 3.8) is 0 Å². The molecule has 1 aromatic carbocycles. The molecule has 1 atom stereocenters. The maximum absolute atomic E-state index is 13.3. The number of hydrogen-bond acceptors (Lipinski definition) is 6. The minimum atomic E-state index is -0.285. The van der Waals surface area contributed by atoms with Crippen LogP contribution in [0, 0.1) is 12.7 Å². The van der Waals surface area contributed by atoms with Crippen LogP contribution in [-0.4, -0.2) is 32.7 Å². The van der Waals surface area contributed by atoms with Crippen molar-refractivity contribution < 1.29 is 9.50 Å². The highest BCUT2D eigenvalue weighted by Crippen LogP contribution is 2.25. The summed E-state index contributed by atoms with van der Waals surface area (Å²) in [4.78, 5) is 13.0. The molecule has 7 heteroatoms. The summed E-state index contributed by atoms with van der Waals surface area (Å²) in [6, 6.07) is 9.86. The van der Waals surface area contributed by atoms with Crippen molar-refractivity contribution in [2.45, 2.75) is 19.9 Å². The summed E-state index contributed by atoms with van der Waals surface area (Å²) in [5, 5.41) is 15.5. The van der Waals surface area contributed by atoms with E-state index in [0.717, 1.165) is 16.8 Å². The molecule has 0 aliphatic rings. The number of aryl methyl sites for hydroxylation is 1. The van der Waals surface area contributed by atoms with E-state index in [4.69, 9.17) is 0 Å². The zero-order valence-electron chi connectivity index (χ0n) is 14.6. The topological polar surface area (TPSA) is 83.0 Å². The van der Waals surface area contributed by atoms with Crippen LogP contribution in [0.4, 0.5) is 21.8 Å². The van der Waals surface area contributed by atoms with Crippen molar-refractivity contribution in [1.29, 1.82) is 0 Å². The summed E-state index contributed by atoms with van der Waals surface area (Å²) in [5.74, 6) is 0.671. The number of anilines is 3. The summed E-state index contributed by atoms with van der Waals surface area (Å²) in [7, 11) is 0. The predicted octanol–water partition coefficient (Wildman–Crippen LogP) is 3.52. The van der Waals surface area contributed by atoms with Gasteiger partial charge in [0.05, 0.1) is 12.3 Å². The van der Waals surface area contributed by atoms with E-state index in [9.17, 15) is 9.50 Å². The molecular formula is C19H20FN5O. The Morgan fingerprint density at radius 1 is 1.12 bits per heavy atom. The highest BCUT2D eigenvalue weighted by atomic mass is 19.1. The number of benzene rings is 1. The van der Waals surface area contributed by atoms with Crippen LogP contribution in [0.2, 0.25) is 0 Å². The van der Waals surface area contributed by atoms with E-state index in [1.54, 1.807) is 18.5 Å². The van der Waals surface area contributed by atoms with E-state index < -0.39 is 0 Å². The number of pyridine rings is 1. The average molecular weight is 353 g/mol. The van der Waals surface area contributed by atoms with Gasteiger partial charge >= 0.3 is 0 Å². The van der Waals surface area contributed by atoms with Crippen molar-refractivity contribution in [3.8, 4) is 11.3 Å². The van der Waals surface area contributed by atoms with Crippen LogP contribution in [0.25, 0.3) is 11.3 Å². The summed E-state index contributed by atoms with van der Waals surface area (Å²) in [6.45, 7) is 3.62. The van der Waals surface area contributed by atoms with Crippen molar-refractivity contribution in [1.82, 2.24) is 15.0 Å². The van der Waals surface area contributed by atoms with E-state index in [0.29, 0.717) is 17.5 Å². The molecule has 0 saturated carbocycles. The first kappa shape index (κ1) is 17.8. The number of nitrogens with one attached hydrogen (secondary N) is 2. The molecule has 0 bridgehead atoms. The molecule has 0 aliphatic heterocycles. The quantitative estimate of drug-likeness (QED) is 0.629. The van der Waals surface area contributed by atoms with E-state index in [2.05, 4.69) is 25.6 Å². The van der Waals surface area contributed by atoms with Crippen molar-refractivity contribution in [2.75, 3.05) is 17.2 Å². The number of rotatable bonds is 6. The lowest BCUT2D eigenvalue weighted by Crippen LogP contribution is -2.21. The summed E-state index contributed by atoms with van der Waals surface area (Å²) in [5.41, 5.74) is 3.12. The molecule has 0 fully saturated rings. The smallest absolute Gasteiger partial charge is 0.225 e. The van der Waals surface area contributed by atoms with Crippen molar-refractivity contribution in [2.24, 2.45) is 0 Å². The summed E-state index contributed by atoms with van der Waals surface area (Å²) < 4.78 is 13.3. The Morgan fingerprint density at radius 2 is 1.88 bits per heavy atom. The molecule has 3 N–H and O–H groups in total. The average Bonchev–Trinajstić information content (AvgIpc) is 2.64. The fraction of sp³-hybridized carbons (Fsp3) is 0.211. The minimum Gasteiger partial charge on any atom is -0.394 e. The van der Waals surface area contributed by atoms with Gasteiger partial charge in [0.25, 0.3) is 0 Å². The third-order valence-electron chi connectivity index (χ3n) is 3.80. The number of nitrogens with zero attached hydrogens (tertiary/aromatic N) is 3. The Balaban J connectivity index is 1.98. The van der Waals surface area contributed by atoms with Crippen molar-refractivity contribution in [3.05, 3.63) is 60.2 Å². The van der Waals surface area contributed by atoms with Gasteiger partial charge in [0.1, 0.15) is 11.6 Å². The SMILES string of the molecule is Cc1cc(F)ccc1Nc1cc(-c2ccncc2)nc(N[C@@H](C)CO)n1. The molecule has 26 heavy (non-hydrogen) atoms. The highest BCUT2D eigenvalue weighted by Gasteiger charge is 2.10. The van der Waals surface area contributed by atoms with Gasteiger partial charge in [-0.2, -0.15) is 4.98 Å². The maximum atomic E-state index is 13.3. The van der Waals surface area contributed by atoms with Gasteiger partial charge in [-0.15, -0.1) is 0 Å². The molecule has 2 aromatic heterocycles. The molecule has 0 amide bonds. The van der Waals surface area contributed by atoms with Gasteiger partial charge < -0.3 is 15.7 Å². The Bertz CT molecular complexity index is 888. The Labute approximate surface area is 151 Å². The molecule has 3 rings (SSSR count). The largest absolute Gasteiger partial charge is 0.394 e. The van der Waals surface area contributed by atoms with Gasteiger partial charge in [-0.25, -0.2) is 9.37 Å². The number of aromatic nitrogens is 3. The van der Waals surface area contributed by atoms with Gasteiger partial charge in [-0.05, 0) is 49.7 Å². The standard InChI is InChI=1S/C19H20FN5O/c1-12-9-15(20)3-4-16(12)23-18-10-17(14-5-7-21-8-6-14)24-19(25-18)22-13(2)11-26/h3-10,13,26H,11H2,1-2H3,(H2,22,23,24,25)/t13-/m0/s1.